The van der Waals surface area contributed by atoms with Crippen LogP contribution in [0.15, 0.2) is 12.3 Å². The lowest BCUT2D eigenvalue weighted by molar-refractivity contribution is 0.100. The van der Waals surface area contributed by atoms with Crippen LogP contribution in [0.2, 0.25) is 0 Å². The molecule has 1 heterocycles. The van der Waals surface area contributed by atoms with E-state index < -0.39 is 5.91 Å². The van der Waals surface area contributed by atoms with Gasteiger partial charge in [-0.25, -0.2) is 4.98 Å². The Labute approximate surface area is 94.2 Å². The maximum Gasteiger partial charge on any atom is 0.250 e. The standard InChI is InChI=1S/C11H16N4O/c1-11(2)4-8(11)15-9-3-6(10(13)16)7(12)5-14-9/h3,5,8H,4,12H2,1-2H3,(H2,13,16)(H,14,15). The van der Waals surface area contributed by atoms with Crippen molar-refractivity contribution in [1.29, 1.82) is 0 Å². The predicted octanol–water partition coefficient (Wildman–Crippen LogP) is 0.973. The molecule has 0 saturated heterocycles. The third-order valence-corrected chi connectivity index (χ3v) is 3.04. The van der Waals surface area contributed by atoms with Gasteiger partial charge in [0.05, 0.1) is 17.4 Å². The molecule has 5 N–H and O–H groups in total. The maximum absolute atomic E-state index is 11.1. The first-order valence-electron chi connectivity index (χ1n) is 5.22. The summed E-state index contributed by atoms with van der Waals surface area (Å²) < 4.78 is 0. The van der Waals surface area contributed by atoms with Crippen molar-refractivity contribution in [2.24, 2.45) is 11.1 Å². The number of hydrogen-bond acceptors (Lipinski definition) is 4. The second-order valence-electron chi connectivity index (χ2n) is 4.91. The van der Waals surface area contributed by atoms with Crippen LogP contribution in [0, 0.1) is 5.41 Å². The molecule has 1 fully saturated rings. The number of amides is 1. The van der Waals surface area contributed by atoms with Gasteiger partial charge >= 0.3 is 0 Å². The van der Waals surface area contributed by atoms with E-state index in [9.17, 15) is 4.79 Å². The fraction of sp³-hybridized carbons (Fsp3) is 0.455. The minimum absolute atomic E-state index is 0.302. The van der Waals surface area contributed by atoms with E-state index in [2.05, 4.69) is 24.1 Å². The Morgan fingerprint density at radius 2 is 2.25 bits per heavy atom. The molecule has 86 valence electrons. The molecule has 1 aromatic heterocycles. The molecule has 5 heteroatoms. The highest BCUT2D eigenvalue weighted by Crippen LogP contribution is 2.46. The molecule has 0 bridgehead atoms. The molecule has 1 aliphatic carbocycles. The zero-order valence-corrected chi connectivity index (χ0v) is 9.45. The summed E-state index contributed by atoms with van der Waals surface area (Å²) in [4.78, 5) is 15.2. The first kappa shape index (κ1) is 10.7. The predicted molar refractivity (Wildman–Crippen MR) is 63.0 cm³/mol. The highest BCUT2D eigenvalue weighted by molar-refractivity contribution is 5.98. The van der Waals surface area contributed by atoms with Gasteiger partial charge in [-0.15, -0.1) is 0 Å². The number of rotatable bonds is 3. The van der Waals surface area contributed by atoms with E-state index in [-0.39, 0.29) is 0 Å². The van der Waals surface area contributed by atoms with Gasteiger partial charge in [0.25, 0.3) is 5.91 Å². The fourth-order valence-electron chi connectivity index (χ4n) is 1.65. The van der Waals surface area contributed by atoms with Gasteiger partial charge in [0.15, 0.2) is 0 Å². The monoisotopic (exact) mass is 220 g/mol. The molecule has 0 spiro atoms. The van der Waals surface area contributed by atoms with Crippen LogP contribution in [0.5, 0.6) is 0 Å². The van der Waals surface area contributed by atoms with Gasteiger partial charge in [0.2, 0.25) is 0 Å². The molecule has 16 heavy (non-hydrogen) atoms. The largest absolute Gasteiger partial charge is 0.397 e. The van der Waals surface area contributed by atoms with Crippen molar-refractivity contribution in [3.8, 4) is 0 Å². The van der Waals surface area contributed by atoms with E-state index in [1.807, 2.05) is 0 Å². The maximum atomic E-state index is 11.1. The average Bonchev–Trinajstić information content (AvgIpc) is 2.76. The Morgan fingerprint density at radius 3 is 2.75 bits per heavy atom. The molecular formula is C11H16N4O. The van der Waals surface area contributed by atoms with E-state index in [4.69, 9.17) is 11.5 Å². The number of nitrogen functional groups attached to an aromatic ring is 1. The van der Waals surface area contributed by atoms with Gasteiger partial charge in [-0.2, -0.15) is 0 Å². The summed E-state index contributed by atoms with van der Waals surface area (Å²) in [5.74, 6) is 0.122. The SMILES string of the molecule is CC1(C)CC1Nc1cc(C(N)=O)c(N)cn1. The van der Waals surface area contributed by atoms with Crippen LogP contribution in [0.3, 0.4) is 0 Å². The molecule has 2 rings (SSSR count). The molecule has 1 aliphatic rings. The third-order valence-electron chi connectivity index (χ3n) is 3.04. The van der Waals surface area contributed by atoms with Crippen LogP contribution >= 0.6 is 0 Å². The molecule has 0 aromatic carbocycles. The summed E-state index contributed by atoms with van der Waals surface area (Å²) in [7, 11) is 0. The van der Waals surface area contributed by atoms with Gasteiger partial charge in [-0.3, -0.25) is 4.79 Å². The van der Waals surface area contributed by atoms with Crippen LogP contribution in [-0.2, 0) is 0 Å². The van der Waals surface area contributed by atoms with Gasteiger partial charge in [0, 0.05) is 6.04 Å². The lowest BCUT2D eigenvalue weighted by atomic mass is 10.2. The van der Waals surface area contributed by atoms with Gasteiger partial charge < -0.3 is 16.8 Å². The number of carbonyl (C=O) groups excluding carboxylic acids is 1. The van der Waals surface area contributed by atoms with Crippen molar-refractivity contribution in [1.82, 2.24) is 4.98 Å². The highest BCUT2D eigenvalue weighted by Gasteiger charge is 2.45. The lowest BCUT2D eigenvalue weighted by Crippen LogP contribution is -2.16. The molecule has 0 aliphatic heterocycles. The van der Waals surface area contributed by atoms with Gasteiger partial charge in [0.1, 0.15) is 5.82 Å². The number of primary amides is 1. The first-order chi connectivity index (χ1) is 7.40. The molecule has 1 atom stereocenters. The van der Waals surface area contributed by atoms with Crippen LogP contribution in [-0.4, -0.2) is 16.9 Å². The second-order valence-corrected chi connectivity index (χ2v) is 4.91. The number of nitrogens with two attached hydrogens (primary N) is 2. The molecule has 5 nitrogen and oxygen atoms in total. The fourth-order valence-corrected chi connectivity index (χ4v) is 1.65. The van der Waals surface area contributed by atoms with Crippen molar-refractivity contribution in [3.63, 3.8) is 0 Å². The van der Waals surface area contributed by atoms with Gasteiger partial charge in [-0.1, -0.05) is 13.8 Å². The van der Waals surface area contributed by atoms with Crippen molar-refractivity contribution < 1.29 is 4.79 Å². The van der Waals surface area contributed by atoms with Crippen molar-refractivity contribution >= 4 is 17.4 Å². The summed E-state index contributed by atoms with van der Waals surface area (Å²) in [6.45, 7) is 4.36. The summed E-state index contributed by atoms with van der Waals surface area (Å²) in [6, 6.07) is 2.01. The van der Waals surface area contributed by atoms with Crippen LogP contribution in [0.25, 0.3) is 0 Å². The minimum atomic E-state index is -0.530. The number of nitrogens with one attached hydrogen (secondary N) is 1. The molecule has 1 amide bonds. The van der Waals surface area contributed by atoms with Crippen LogP contribution < -0.4 is 16.8 Å². The van der Waals surface area contributed by atoms with Crippen molar-refractivity contribution in [2.75, 3.05) is 11.1 Å². The number of anilines is 2. The zero-order valence-electron chi connectivity index (χ0n) is 9.45. The molecule has 1 aromatic rings. The highest BCUT2D eigenvalue weighted by atomic mass is 16.1. The Hall–Kier alpha value is -1.78. The Kier molecular flexibility index (Phi) is 2.26. The Balaban J connectivity index is 2.17. The zero-order chi connectivity index (χ0) is 11.9. The molecule has 1 saturated carbocycles. The lowest BCUT2D eigenvalue weighted by Gasteiger charge is -2.09. The number of pyridine rings is 1. The van der Waals surface area contributed by atoms with E-state index in [1.165, 1.54) is 6.20 Å². The minimum Gasteiger partial charge on any atom is -0.397 e. The van der Waals surface area contributed by atoms with E-state index in [1.54, 1.807) is 6.07 Å². The third kappa shape index (κ3) is 1.93. The Morgan fingerprint density at radius 1 is 1.62 bits per heavy atom. The smallest absolute Gasteiger partial charge is 0.250 e. The quantitative estimate of drug-likeness (QED) is 0.707. The summed E-state index contributed by atoms with van der Waals surface area (Å²) in [5, 5.41) is 3.25. The van der Waals surface area contributed by atoms with E-state index >= 15 is 0 Å². The molecule has 1 unspecified atom stereocenters. The van der Waals surface area contributed by atoms with Gasteiger partial charge in [-0.05, 0) is 17.9 Å². The van der Waals surface area contributed by atoms with Crippen molar-refractivity contribution in [3.05, 3.63) is 17.8 Å². The van der Waals surface area contributed by atoms with Crippen molar-refractivity contribution in [2.45, 2.75) is 26.3 Å². The van der Waals surface area contributed by atoms with Crippen LogP contribution in [0.1, 0.15) is 30.6 Å². The summed E-state index contributed by atoms with van der Waals surface area (Å²) >= 11 is 0. The molecular weight excluding hydrogens is 204 g/mol. The summed E-state index contributed by atoms with van der Waals surface area (Å²) in [5.41, 5.74) is 11.7. The number of hydrogen-bond donors (Lipinski definition) is 3. The molecule has 0 radical (unpaired) electrons. The second kappa shape index (κ2) is 3.37. The Bertz CT molecular complexity index is 442. The number of aromatic nitrogens is 1. The van der Waals surface area contributed by atoms with Crippen LogP contribution in [0.4, 0.5) is 11.5 Å². The average molecular weight is 220 g/mol. The van der Waals surface area contributed by atoms with E-state index in [0.717, 1.165) is 6.42 Å². The number of carbonyl (C=O) groups is 1. The normalized spacial score (nSPS) is 21.5. The number of nitrogens with zero attached hydrogens (tertiary/aromatic N) is 1. The first-order valence-corrected chi connectivity index (χ1v) is 5.22. The van der Waals surface area contributed by atoms with E-state index in [0.29, 0.717) is 28.5 Å². The summed E-state index contributed by atoms with van der Waals surface area (Å²) in [6.07, 6.45) is 2.56. The topological polar surface area (TPSA) is 94.0 Å².